The van der Waals surface area contributed by atoms with E-state index in [1.807, 2.05) is 25.1 Å². The summed E-state index contributed by atoms with van der Waals surface area (Å²) in [6, 6.07) is 13.1. The molecule has 1 unspecified atom stereocenters. The number of amides is 4. The molecule has 0 aromatic heterocycles. The maximum atomic E-state index is 15.5. The fourth-order valence-corrected chi connectivity index (χ4v) is 5.88. The minimum atomic E-state index is -1.04. The lowest BCUT2D eigenvalue weighted by atomic mass is 9.94. The van der Waals surface area contributed by atoms with E-state index in [0.29, 0.717) is 50.9 Å². The number of anilines is 1. The van der Waals surface area contributed by atoms with Crippen LogP contribution < -0.4 is 15.4 Å². The van der Waals surface area contributed by atoms with Crippen LogP contribution in [0.3, 0.4) is 0 Å². The van der Waals surface area contributed by atoms with Gasteiger partial charge in [-0.1, -0.05) is 41.9 Å². The first-order valence-electron chi connectivity index (χ1n) is 14.1. The first kappa shape index (κ1) is 31.4. The highest BCUT2D eigenvalue weighted by Crippen LogP contribution is 2.41. The number of halogens is 2. The second-order valence-corrected chi connectivity index (χ2v) is 11.4. The summed E-state index contributed by atoms with van der Waals surface area (Å²) in [5.74, 6) is -2.29. The van der Waals surface area contributed by atoms with E-state index in [4.69, 9.17) is 21.1 Å². The zero-order valence-electron chi connectivity index (χ0n) is 24.8. The smallest absolute Gasteiger partial charge is 0.326 e. The number of methoxy groups -OCH3 is 1. The van der Waals surface area contributed by atoms with Gasteiger partial charge >= 0.3 is 6.03 Å². The van der Waals surface area contributed by atoms with Gasteiger partial charge in [-0.05, 0) is 41.8 Å². The van der Waals surface area contributed by atoms with E-state index in [1.165, 1.54) is 32.2 Å². The molecule has 3 aromatic rings. The van der Waals surface area contributed by atoms with Crippen molar-refractivity contribution in [2.75, 3.05) is 46.3 Å². The number of ether oxygens (including phenoxy) is 2. The van der Waals surface area contributed by atoms with Gasteiger partial charge < -0.3 is 30.1 Å². The van der Waals surface area contributed by atoms with Crippen molar-refractivity contribution in [1.29, 1.82) is 0 Å². The van der Waals surface area contributed by atoms with Gasteiger partial charge in [0.15, 0.2) is 0 Å². The van der Waals surface area contributed by atoms with Crippen LogP contribution in [-0.2, 0) is 20.9 Å². The number of nitrogens with zero attached hydrogens (tertiary/aromatic N) is 2. The van der Waals surface area contributed by atoms with Crippen molar-refractivity contribution in [1.82, 2.24) is 15.1 Å². The summed E-state index contributed by atoms with van der Waals surface area (Å²) >= 11 is 6.95. The average Bonchev–Trinajstić information content (AvgIpc) is 3.42. The molecule has 0 aliphatic carbocycles. The molecule has 10 nitrogen and oxygen atoms in total. The number of hydrogen-bond acceptors (Lipinski definition) is 7. The van der Waals surface area contributed by atoms with Crippen molar-refractivity contribution in [2.24, 2.45) is 5.92 Å². The molecule has 0 spiro atoms. The quantitative estimate of drug-likeness (QED) is 0.323. The number of hydrogen-bond donors (Lipinski definition) is 3. The fraction of sp³-hybridized carbons (Fsp3) is 0.344. The molecular formula is C32H34ClFN4O6. The van der Waals surface area contributed by atoms with E-state index < -0.39 is 35.7 Å². The number of benzene rings is 3. The van der Waals surface area contributed by atoms with E-state index in [9.17, 15) is 19.5 Å². The van der Waals surface area contributed by atoms with Crippen LogP contribution in [0, 0.1) is 18.7 Å². The Balaban J connectivity index is 1.42. The summed E-state index contributed by atoms with van der Waals surface area (Å²) in [7, 11) is 4.35. The van der Waals surface area contributed by atoms with E-state index in [2.05, 4.69) is 10.6 Å². The van der Waals surface area contributed by atoms with Gasteiger partial charge in [0.1, 0.15) is 17.5 Å². The Hall–Kier alpha value is -4.03. The number of carbonyl (C=O) groups excluding carboxylic acids is 3. The van der Waals surface area contributed by atoms with Gasteiger partial charge in [0, 0.05) is 49.6 Å². The molecule has 44 heavy (non-hydrogen) atoms. The number of nitrogens with one attached hydrogen (secondary N) is 2. The number of urea groups is 1. The van der Waals surface area contributed by atoms with Gasteiger partial charge in [0.05, 0.1) is 37.5 Å². The average molecular weight is 625 g/mol. The molecular weight excluding hydrogens is 591 g/mol. The second-order valence-electron chi connectivity index (χ2n) is 11.0. The predicted octanol–water partition coefficient (Wildman–Crippen LogP) is 4.06. The van der Waals surface area contributed by atoms with E-state index >= 15 is 4.39 Å². The molecule has 12 heteroatoms. The summed E-state index contributed by atoms with van der Waals surface area (Å²) in [6.07, 6.45) is -0.663. The molecule has 3 N–H and O–H groups in total. The first-order valence-corrected chi connectivity index (χ1v) is 14.5. The summed E-state index contributed by atoms with van der Waals surface area (Å²) < 4.78 is 26.2. The molecule has 2 saturated heterocycles. The van der Waals surface area contributed by atoms with Crippen molar-refractivity contribution < 1.29 is 33.4 Å². The van der Waals surface area contributed by atoms with Gasteiger partial charge in [-0.25, -0.2) is 9.18 Å². The van der Waals surface area contributed by atoms with Gasteiger partial charge in [-0.15, -0.1) is 0 Å². The molecule has 3 aromatic carbocycles. The van der Waals surface area contributed by atoms with Crippen LogP contribution in [0.4, 0.5) is 14.9 Å². The van der Waals surface area contributed by atoms with Gasteiger partial charge in [0.2, 0.25) is 11.8 Å². The van der Waals surface area contributed by atoms with E-state index in [1.54, 1.807) is 24.3 Å². The summed E-state index contributed by atoms with van der Waals surface area (Å²) in [6.45, 7) is 2.52. The number of rotatable bonds is 8. The predicted molar refractivity (Wildman–Crippen MR) is 164 cm³/mol. The Bertz CT molecular complexity index is 1620. The second kappa shape index (κ2) is 12.9. The zero-order valence-corrected chi connectivity index (χ0v) is 25.6. The highest BCUT2D eigenvalue weighted by Gasteiger charge is 2.39. The minimum absolute atomic E-state index is 0.0216. The molecule has 3 atom stereocenters. The number of carbonyl (C=O) groups is 3. The third kappa shape index (κ3) is 6.00. The lowest BCUT2D eigenvalue weighted by Gasteiger charge is -2.33. The lowest BCUT2D eigenvalue weighted by Crippen LogP contribution is -2.56. The van der Waals surface area contributed by atoms with Gasteiger partial charge in [-0.3, -0.25) is 14.5 Å². The number of aliphatic hydroxyl groups is 1. The van der Waals surface area contributed by atoms with Gasteiger partial charge in [-0.2, -0.15) is 0 Å². The Morgan fingerprint density at radius 1 is 1.11 bits per heavy atom. The van der Waals surface area contributed by atoms with Crippen LogP contribution in [0.1, 0.15) is 11.1 Å². The Morgan fingerprint density at radius 3 is 2.52 bits per heavy atom. The molecule has 5 rings (SSSR count). The SMILES string of the molecule is COc1cc(-c2cccc(-c3cccc(NC(=O)C4CN(C)C(=O)N(C)C4=O)c3C)c2Cl)cc(F)c1CN[C@H]1COC[C@@H]1O. The van der Waals surface area contributed by atoms with Crippen LogP contribution in [0.15, 0.2) is 48.5 Å². The summed E-state index contributed by atoms with van der Waals surface area (Å²) in [5.41, 5.74) is 4.02. The Kier molecular flexibility index (Phi) is 9.21. The molecule has 4 amide bonds. The van der Waals surface area contributed by atoms with E-state index in [-0.39, 0.29) is 25.7 Å². The normalized spacial score (nSPS) is 20.3. The highest BCUT2D eigenvalue weighted by molar-refractivity contribution is 6.36. The maximum absolute atomic E-state index is 15.5. The Labute approximate surface area is 259 Å². The minimum Gasteiger partial charge on any atom is -0.496 e. The molecule has 2 fully saturated rings. The standard InChI is InChI=1S/C32H34ClFN4O6/c1-17-19(7-6-10-25(17)36-30(40)23-14-37(2)32(42)38(3)31(23)41)21-9-5-8-20(29(21)33)18-11-24(34)22(28(12-18)43-4)13-35-26-15-44-16-27(26)39/h5-12,23,26-27,35,39H,13-16H2,1-4H3,(H,36,40)/t23?,26-,27-/m0/s1. The molecule has 0 bridgehead atoms. The lowest BCUT2D eigenvalue weighted by molar-refractivity contribution is -0.140. The fourth-order valence-electron chi connectivity index (χ4n) is 5.55. The largest absolute Gasteiger partial charge is 0.496 e. The van der Waals surface area contributed by atoms with Crippen LogP contribution in [0.5, 0.6) is 5.75 Å². The van der Waals surface area contributed by atoms with Crippen molar-refractivity contribution in [3.05, 3.63) is 70.5 Å². The van der Waals surface area contributed by atoms with E-state index in [0.717, 1.165) is 10.5 Å². The molecule has 0 saturated carbocycles. The maximum Gasteiger partial charge on any atom is 0.326 e. The van der Waals surface area contributed by atoms with Crippen molar-refractivity contribution in [3.63, 3.8) is 0 Å². The Morgan fingerprint density at radius 2 is 1.82 bits per heavy atom. The van der Waals surface area contributed by atoms with Crippen LogP contribution in [0.25, 0.3) is 22.3 Å². The molecule has 2 aliphatic rings. The first-order chi connectivity index (χ1) is 21.0. The van der Waals surface area contributed by atoms with Crippen molar-refractivity contribution in [3.8, 4) is 28.0 Å². The van der Waals surface area contributed by atoms with Gasteiger partial charge in [0.25, 0.3) is 0 Å². The van der Waals surface area contributed by atoms with Crippen LogP contribution >= 0.6 is 11.6 Å². The van der Waals surface area contributed by atoms with Crippen molar-refractivity contribution in [2.45, 2.75) is 25.6 Å². The monoisotopic (exact) mass is 624 g/mol. The van der Waals surface area contributed by atoms with Crippen molar-refractivity contribution >= 4 is 35.1 Å². The van der Waals surface area contributed by atoms with Crippen LogP contribution in [0.2, 0.25) is 5.02 Å². The number of imide groups is 1. The summed E-state index contributed by atoms with van der Waals surface area (Å²) in [4.78, 5) is 40.2. The van der Waals surface area contributed by atoms with Crippen LogP contribution in [-0.4, -0.2) is 85.9 Å². The molecule has 232 valence electrons. The number of aliphatic hydroxyl groups excluding tert-OH is 1. The third-order valence-corrected chi connectivity index (χ3v) is 8.58. The third-order valence-electron chi connectivity index (χ3n) is 8.17. The topological polar surface area (TPSA) is 120 Å². The molecule has 0 radical (unpaired) electrons. The molecule has 2 heterocycles. The zero-order chi connectivity index (χ0) is 31.7. The molecule has 2 aliphatic heterocycles. The highest BCUT2D eigenvalue weighted by atomic mass is 35.5. The summed E-state index contributed by atoms with van der Waals surface area (Å²) in [5, 5.41) is 16.4.